The zero-order valence-electron chi connectivity index (χ0n) is 13.6. The molecule has 0 saturated carbocycles. The van der Waals surface area contributed by atoms with E-state index in [4.69, 9.17) is 11.6 Å². The predicted molar refractivity (Wildman–Crippen MR) is 90.1 cm³/mol. The van der Waals surface area contributed by atoms with Crippen LogP contribution in [0.25, 0.3) is 0 Å². The molecule has 0 bridgehead atoms. The summed E-state index contributed by atoms with van der Waals surface area (Å²) in [4.78, 5) is 0. The maximum absolute atomic E-state index is 6.11. The molecule has 0 radical (unpaired) electrons. The smallest absolute Gasteiger partial charge is 0.0408 e. The fourth-order valence-electron chi connectivity index (χ4n) is 4.48. The molecule has 1 heterocycles. The molecule has 1 atom stereocenters. The molecule has 0 aromatic heterocycles. The van der Waals surface area contributed by atoms with Crippen LogP contribution in [0.3, 0.4) is 0 Å². The average molecular weight is 307 g/mol. The SMILES string of the molecule is CC1(C)CC(NC2Cc3ccc(Cl)cc3C2)CC(C)(C)N1. The number of halogens is 1. The first-order valence-electron chi connectivity index (χ1n) is 8.05. The Kier molecular flexibility index (Phi) is 3.84. The highest BCUT2D eigenvalue weighted by Gasteiger charge is 2.38. The van der Waals surface area contributed by atoms with Crippen molar-refractivity contribution in [2.45, 2.75) is 76.5 Å². The van der Waals surface area contributed by atoms with E-state index in [1.165, 1.54) is 24.0 Å². The van der Waals surface area contributed by atoms with Crippen LogP contribution in [0.2, 0.25) is 5.02 Å². The van der Waals surface area contributed by atoms with Gasteiger partial charge >= 0.3 is 0 Å². The minimum Gasteiger partial charge on any atom is -0.310 e. The van der Waals surface area contributed by atoms with Gasteiger partial charge in [-0.05, 0) is 76.6 Å². The summed E-state index contributed by atoms with van der Waals surface area (Å²) in [5.41, 5.74) is 3.29. The second-order valence-electron chi connectivity index (χ2n) is 8.18. The Balaban J connectivity index is 1.66. The summed E-state index contributed by atoms with van der Waals surface area (Å²) < 4.78 is 0. The van der Waals surface area contributed by atoms with E-state index in [1.807, 2.05) is 6.07 Å². The summed E-state index contributed by atoms with van der Waals surface area (Å²) in [6.07, 6.45) is 4.62. The Morgan fingerprint density at radius 3 is 2.29 bits per heavy atom. The Labute approximate surface area is 133 Å². The summed E-state index contributed by atoms with van der Waals surface area (Å²) >= 11 is 6.11. The van der Waals surface area contributed by atoms with Gasteiger partial charge < -0.3 is 10.6 Å². The van der Waals surface area contributed by atoms with E-state index in [2.05, 4.69) is 50.5 Å². The monoisotopic (exact) mass is 306 g/mol. The van der Waals surface area contributed by atoms with E-state index in [0.717, 1.165) is 17.9 Å². The number of fused-ring (bicyclic) bond motifs is 1. The molecule has 2 aliphatic rings. The number of rotatable bonds is 2. The molecule has 21 heavy (non-hydrogen) atoms. The maximum atomic E-state index is 6.11. The van der Waals surface area contributed by atoms with Gasteiger partial charge in [-0.2, -0.15) is 0 Å². The number of hydrogen-bond acceptors (Lipinski definition) is 2. The fraction of sp³-hybridized carbons (Fsp3) is 0.667. The van der Waals surface area contributed by atoms with E-state index in [9.17, 15) is 0 Å². The highest BCUT2D eigenvalue weighted by Crippen LogP contribution is 2.31. The zero-order chi connectivity index (χ0) is 15.3. The lowest BCUT2D eigenvalue weighted by Crippen LogP contribution is -2.62. The van der Waals surface area contributed by atoms with Crippen molar-refractivity contribution in [3.63, 3.8) is 0 Å². The normalized spacial score (nSPS) is 27.6. The van der Waals surface area contributed by atoms with E-state index >= 15 is 0 Å². The van der Waals surface area contributed by atoms with Crippen molar-refractivity contribution < 1.29 is 0 Å². The van der Waals surface area contributed by atoms with Crippen LogP contribution in [-0.4, -0.2) is 23.2 Å². The van der Waals surface area contributed by atoms with Crippen molar-refractivity contribution in [3.8, 4) is 0 Å². The molecule has 2 N–H and O–H groups in total. The van der Waals surface area contributed by atoms with Crippen LogP contribution < -0.4 is 10.6 Å². The third-order valence-electron chi connectivity index (χ3n) is 4.76. The van der Waals surface area contributed by atoms with E-state index in [0.29, 0.717) is 12.1 Å². The Bertz CT molecular complexity index is 520. The van der Waals surface area contributed by atoms with Crippen molar-refractivity contribution in [1.82, 2.24) is 10.6 Å². The summed E-state index contributed by atoms with van der Waals surface area (Å²) in [7, 11) is 0. The molecule has 0 amide bonds. The number of hydrogen-bond donors (Lipinski definition) is 2. The molecule has 1 fully saturated rings. The van der Waals surface area contributed by atoms with Gasteiger partial charge in [-0.1, -0.05) is 17.7 Å². The van der Waals surface area contributed by atoms with Gasteiger partial charge in [0.2, 0.25) is 0 Å². The molecular formula is C18H27ClN2. The highest BCUT2D eigenvalue weighted by atomic mass is 35.5. The first-order chi connectivity index (χ1) is 9.72. The molecule has 1 aliphatic heterocycles. The Morgan fingerprint density at radius 2 is 1.62 bits per heavy atom. The summed E-state index contributed by atoms with van der Waals surface area (Å²) in [6, 6.07) is 7.49. The van der Waals surface area contributed by atoms with Gasteiger partial charge in [-0.15, -0.1) is 0 Å². The number of piperidine rings is 1. The van der Waals surface area contributed by atoms with Crippen molar-refractivity contribution in [2.75, 3.05) is 0 Å². The molecule has 1 aromatic carbocycles. The largest absolute Gasteiger partial charge is 0.310 e. The fourth-order valence-corrected chi connectivity index (χ4v) is 4.67. The Morgan fingerprint density at radius 1 is 1.00 bits per heavy atom. The second-order valence-corrected chi connectivity index (χ2v) is 8.62. The molecule has 3 heteroatoms. The minimum atomic E-state index is 0.203. The second kappa shape index (κ2) is 5.26. The van der Waals surface area contributed by atoms with Crippen LogP contribution in [0.5, 0.6) is 0 Å². The van der Waals surface area contributed by atoms with Gasteiger partial charge in [0.1, 0.15) is 0 Å². The van der Waals surface area contributed by atoms with Gasteiger partial charge in [0.15, 0.2) is 0 Å². The maximum Gasteiger partial charge on any atom is 0.0408 e. The first-order valence-corrected chi connectivity index (χ1v) is 8.43. The van der Waals surface area contributed by atoms with E-state index in [1.54, 1.807) is 0 Å². The molecule has 116 valence electrons. The number of nitrogens with one attached hydrogen (secondary N) is 2. The van der Waals surface area contributed by atoms with Gasteiger partial charge in [-0.3, -0.25) is 0 Å². The molecule has 2 nitrogen and oxygen atoms in total. The molecule has 1 aromatic rings. The molecule has 1 aliphatic carbocycles. The van der Waals surface area contributed by atoms with Gasteiger partial charge in [0.05, 0.1) is 0 Å². The first kappa shape index (κ1) is 15.3. The van der Waals surface area contributed by atoms with Crippen LogP contribution in [0.15, 0.2) is 18.2 Å². The Hall–Kier alpha value is -0.570. The molecular weight excluding hydrogens is 280 g/mol. The van der Waals surface area contributed by atoms with Crippen LogP contribution >= 0.6 is 11.6 Å². The highest BCUT2D eigenvalue weighted by molar-refractivity contribution is 6.30. The minimum absolute atomic E-state index is 0.203. The van der Waals surface area contributed by atoms with E-state index < -0.39 is 0 Å². The molecule has 0 spiro atoms. The lowest BCUT2D eigenvalue weighted by Gasteiger charge is -2.47. The predicted octanol–water partition coefficient (Wildman–Crippen LogP) is 3.71. The quantitative estimate of drug-likeness (QED) is 0.870. The van der Waals surface area contributed by atoms with Gasteiger partial charge in [-0.25, -0.2) is 0 Å². The summed E-state index contributed by atoms with van der Waals surface area (Å²) in [5.74, 6) is 0. The zero-order valence-corrected chi connectivity index (χ0v) is 14.3. The lowest BCUT2D eigenvalue weighted by atomic mass is 9.79. The van der Waals surface area contributed by atoms with Crippen LogP contribution in [-0.2, 0) is 12.8 Å². The average Bonchev–Trinajstić information content (AvgIpc) is 2.65. The lowest BCUT2D eigenvalue weighted by molar-refractivity contribution is 0.140. The van der Waals surface area contributed by atoms with Crippen molar-refractivity contribution in [1.29, 1.82) is 0 Å². The van der Waals surface area contributed by atoms with Gasteiger partial charge in [0, 0.05) is 28.2 Å². The summed E-state index contributed by atoms with van der Waals surface area (Å²) in [5, 5.41) is 8.53. The van der Waals surface area contributed by atoms with Crippen LogP contribution in [0.1, 0.15) is 51.7 Å². The van der Waals surface area contributed by atoms with Crippen LogP contribution in [0, 0.1) is 0 Å². The molecule has 1 unspecified atom stereocenters. The van der Waals surface area contributed by atoms with Crippen molar-refractivity contribution in [2.24, 2.45) is 0 Å². The van der Waals surface area contributed by atoms with Gasteiger partial charge in [0.25, 0.3) is 0 Å². The van der Waals surface area contributed by atoms with Crippen molar-refractivity contribution in [3.05, 3.63) is 34.3 Å². The van der Waals surface area contributed by atoms with Crippen molar-refractivity contribution >= 4 is 11.6 Å². The standard InChI is InChI=1S/C18H27ClN2/c1-17(2)10-16(11-18(3,4)21-17)20-15-8-12-5-6-14(19)7-13(12)9-15/h5-7,15-16,20-21H,8-11H2,1-4H3. The molecule has 3 rings (SSSR count). The summed E-state index contributed by atoms with van der Waals surface area (Å²) in [6.45, 7) is 9.25. The third-order valence-corrected chi connectivity index (χ3v) is 5.00. The van der Waals surface area contributed by atoms with E-state index in [-0.39, 0.29) is 11.1 Å². The van der Waals surface area contributed by atoms with Crippen LogP contribution in [0.4, 0.5) is 0 Å². The number of benzene rings is 1. The topological polar surface area (TPSA) is 24.1 Å². The molecule has 1 saturated heterocycles. The third kappa shape index (κ3) is 3.61.